The Morgan fingerprint density at radius 3 is 1.15 bits per heavy atom. The molecule has 0 spiro atoms. The molecule has 0 saturated heterocycles. The average Bonchev–Trinajstić information content (AvgIpc) is 3.26. The molecule has 6 nitrogen and oxygen atoms in total. The highest BCUT2D eigenvalue weighted by molar-refractivity contribution is 5.77. The van der Waals surface area contributed by atoms with Crippen molar-refractivity contribution in [2.24, 2.45) is 0 Å². The predicted molar refractivity (Wildman–Crippen MR) is 269 cm³/mol. The predicted octanol–water partition coefficient (Wildman–Crippen LogP) is 16.9. The van der Waals surface area contributed by atoms with Gasteiger partial charge in [-0.1, -0.05) is 258 Å². The zero-order valence-electron chi connectivity index (χ0n) is 42.0. The number of hydrogen-bond donors (Lipinski definition) is 3. The molecular weight excluding hydrogens is 767 g/mol. The third-order valence-corrected chi connectivity index (χ3v) is 13.1. The lowest BCUT2D eigenvalue weighted by Gasteiger charge is -2.24. The summed E-state index contributed by atoms with van der Waals surface area (Å²) < 4.78 is 5.93. The van der Waals surface area contributed by atoms with E-state index in [1.807, 2.05) is 0 Å². The summed E-state index contributed by atoms with van der Waals surface area (Å²) >= 11 is 0. The lowest BCUT2D eigenvalue weighted by molar-refractivity contribution is -0.151. The summed E-state index contributed by atoms with van der Waals surface area (Å²) in [4.78, 5) is 26.1. The minimum Gasteiger partial charge on any atom is -0.462 e. The zero-order chi connectivity index (χ0) is 45.2. The van der Waals surface area contributed by atoms with Crippen LogP contribution in [0.25, 0.3) is 0 Å². The summed E-state index contributed by atoms with van der Waals surface area (Å²) in [7, 11) is 0. The first-order valence-corrected chi connectivity index (χ1v) is 27.9. The molecule has 0 aromatic rings. The smallest absolute Gasteiger partial charge is 0.306 e. The standard InChI is InChI=1S/C56H109NO5/c1-4-7-10-13-16-19-21-23-25-27-28-30-32-34-37-40-43-46-49-56(61)62-52(47-44-41-38-35-18-15-12-9-6-3)50-55(60)57-53(51-58)54(59)48-45-42-39-36-33-31-29-26-24-22-20-17-14-11-8-5-2/h28,30,52-54,58-59H,4-27,29,31-51H2,1-3H3,(H,57,60)/b30-28+. The number of esters is 1. The fraction of sp³-hybridized carbons (Fsp3) is 0.929. The van der Waals surface area contributed by atoms with Crippen molar-refractivity contribution in [2.45, 2.75) is 328 Å². The molecule has 0 aromatic heterocycles. The normalized spacial score (nSPS) is 13.2. The average molecular weight is 876 g/mol. The number of carbonyl (C=O) groups excluding carboxylic acids is 2. The van der Waals surface area contributed by atoms with Crippen molar-refractivity contribution in [1.29, 1.82) is 0 Å². The van der Waals surface area contributed by atoms with Crippen molar-refractivity contribution < 1.29 is 24.5 Å². The summed E-state index contributed by atoms with van der Waals surface area (Å²) in [6, 6.07) is -0.696. The van der Waals surface area contributed by atoms with Gasteiger partial charge in [-0.3, -0.25) is 9.59 Å². The van der Waals surface area contributed by atoms with Crippen LogP contribution in [0.1, 0.15) is 310 Å². The van der Waals surface area contributed by atoms with Gasteiger partial charge < -0.3 is 20.3 Å². The lowest BCUT2D eigenvalue weighted by atomic mass is 10.0. The topological polar surface area (TPSA) is 95.9 Å². The highest BCUT2D eigenvalue weighted by Gasteiger charge is 2.24. The quantitative estimate of drug-likeness (QED) is 0.0321. The molecule has 0 heterocycles. The summed E-state index contributed by atoms with van der Waals surface area (Å²) in [5.41, 5.74) is 0. The van der Waals surface area contributed by atoms with Crippen molar-refractivity contribution in [1.82, 2.24) is 5.32 Å². The molecule has 0 radical (unpaired) electrons. The largest absolute Gasteiger partial charge is 0.462 e. The number of ether oxygens (including phenoxy) is 1. The second kappa shape index (κ2) is 50.6. The Balaban J connectivity index is 4.37. The lowest BCUT2D eigenvalue weighted by Crippen LogP contribution is -2.46. The summed E-state index contributed by atoms with van der Waals surface area (Å²) in [5, 5.41) is 23.8. The molecule has 0 bridgehead atoms. The van der Waals surface area contributed by atoms with E-state index in [2.05, 4.69) is 38.2 Å². The maximum atomic E-state index is 13.2. The van der Waals surface area contributed by atoms with Crippen LogP contribution in [0.4, 0.5) is 0 Å². The minimum absolute atomic E-state index is 0.0810. The van der Waals surface area contributed by atoms with Crippen LogP contribution in [0.5, 0.6) is 0 Å². The first-order chi connectivity index (χ1) is 30.5. The van der Waals surface area contributed by atoms with Gasteiger partial charge in [0.05, 0.1) is 25.2 Å². The third-order valence-electron chi connectivity index (χ3n) is 13.1. The van der Waals surface area contributed by atoms with E-state index in [0.29, 0.717) is 19.3 Å². The Hall–Kier alpha value is -1.40. The minimum atomic E-state index is -0.783. The molecule has 0 aliphatic heterocycles. The van der Waals surface area contributed by atoms with Gasteiger partial charge in [-0.2, -0.15) is 0 Å². The Morgan fingerprint density at radius 1 is 0.452 bits per heavy atom. The highest BCUT2D eigenvalue weighted by atomic mass is 16.5. The Bertz CT molecular complexity index is 939. The Morgan fingerprint density at radius 2 is 0.774 bits per heavy atom. The van der Waals surface area contributed by atoms with E-state index in [1.54, 1.807) is 0 Å². The van der Waals surface area contributed by atoms with Gasteiger partial charge in [0.1, 0.15) is 6.10 Å². The van der Waals surface area contributed by atoms with E-state index in [1.165, 1.54) is 212 Å². The van der Waals surface area contributed by atoms with Crippen molar-refractivity contribution >= 4 is 11.9 Å². The van der Waals surface area contributed by atoms with Crippen molar-refractivity contribution in [2.75, 3.05) is 6.61 Å². The van der Waals surface area contributed by atoms with Crippen LogP contribution < -0.4 is 5.32 Å². The zero-order valence-corrected chi connectivity index (χ0v) is 42.0. The molecule has 0 saturated carbocycles. The second-order valence-electron chi connectivity index (χ2n) is 19.3. The number of hydrogen-bond acceptors (Lipinski definition) is 5. The summed E-state index contributed by atoms with van der Waals surface area (Å²) in [5.74, 6) is -0.466. The molecule has 3 atom stereocenters. The van der Waals surface area contributed by atoms with Crippen molar-refractivity contribution in [3.8, 4) is 0 Å². The molecule has 0 aliphatic carbocycles. The summed E-state index contributed by atoms with van der Waals surface area (Å²) in [6.45, 7) is 6.50. The molecule has 6 heteroatoms. The van der Waals surface area contributed by atoms with Crippen LogP contribution >= 0.6 is 0 Å². The number of aliphatic hydroxyl groups is 2. The molecule has 0 fully saturated rings. The van der Waals surface area contributed by atoms with Crippen LogP contribution in [-0.2, 0) is 14.3 Å². The number of nitrogens with one attached hydrogen (secondary N) is 1. The monoisotopic (exact) mass is 876 g/mol. The first kappa shape index (κ1) is 60.6. The van der Waals surface area contributed by atoms with Crippen LogP contribution in [0, 0.1) is 0 Å². The molecule has 0 aliphatic rings. The fourth-order valence-corrected chi connectivity index (χ4v) is 8.84. The van der Waals surface area contributed by atoms with Gasteiger partial charge in [0, 0.05) is 6.42 Å². The number of allylic oxidation sites excluding steroid dienone is 2. The number of amides is 1. The van der Waals surface area contributed by atoms with Crippen LogP contribution in [0.3, 0.4) is 0 Å². The van der Waals surface area contributed by atoms with Crippen LogP contribution in [0.15, 0.2) is 12.2 Å². The van der Waals surface area contributed by atoms with Gasteiger partial charge in [-0.15, -0.1) is 0 Å². The maximum Gasteiger partial charge on any atom is 0.306 e. The van der Waals surface area contributed by atoms with Gasteiger partial charge in [0.2, 0.25) is 5.91 Å². The van der Waals surface area contributed by atoms with E-state index in [-0.39, 0.29) is 24.9 Å². The molecular formula is C56H109NO5. The van der Waals surface area contributed by atoms with Crippen LogP contribution in [-0.4, -0.2) is 46.9 Å². The first-order valence-electron chi connectivity index (χ1n) is 27.9. The van der Waals surface area contributed by atoms with Gasteiger partial charge in [0.15, 0.2) is 0 Å². The number of rotatable bonds is 51. The summed E-state index contributed by atoms with van der Waals surface area (Å²) in [6.07, 6.45) is 57.1. The molecule has 368 valence electrons. The van der Waals surface area contributed by atoms with Gasteiger partial charge >= 0.3 is 5.97 Å². The van der Waals surface area contributed by atoms with Gasteiger partial charge in [0.25, 0.3) is 0 Å². The van der Waals surface area contributed by atoms with E-state index < -0.39 is 18.2 Å². The fourth-order valence-electron chi connectivity index (χ4n) is 8.84. The number of aliphatic hydroxyl groups excluding tert-OH is 2. The van der Waals surface area contributed by atoms with Crippen molar-refractivity contribution in [3.05, 3.63) is 12.2 Å². The van der Waals surface area contributed by atoms with E-state index in [9.17, 15) is 19.8 Å². The SMILES string of the molecule is CCCCCCCCCCC/C=C/CCCCCCCC(=O)OC(CCCCCCCCCCC)CC(=O)NC(CO)C(O)CCCCCCCCCCCCCCCCCC. The molecule has 0 rings (SSSR count). The Kier molecular flexibility index (Phi) is 49.5. The molecule has 1 amide bonds. The third kappa shape index (κ3) is 45.2. The van der Waals surface area contributed by atoms with Gasteiger partial charge in [-0.25, -0.2) is 0 Å². The molecule has 3 unspecified atom stereocenters. The second-order valence-corrected chi connectivity index (χ2v) is 19.3. The maximum absolute atomic E-state index is 13.2. The van der Waals surface area contributed by atoms with Crippen LogP contribution in [0.2, 0.25) is 0 Å². The van der Waals surface area contributed by atoms with Crippen molar-refractivity contribution in [3.63, 3.8) is 0 Å². The van der Waals surface area contributed by atoms with E-state index >= 15 is 0 Å². The highest BCUT2D eigenvalue weighted by Crippen LogP contribution is 2.19. The molecule has 0 aromatic carbocycles. The number of carbonyl (C=O) groups is 2. The van der Waals surface area contributed by atoms with Gasteiger partial charge in [-0.05, 0) is 51.4 Å². The molecule has 3 N–H and O–H groups in total. The Labute approximate surface area is 387 Å². The molecule has 62 heavy (non-hydrogen) atoms. The van der Waals surface area contributed by atoms with E-state index in [0.717, 1.165) is 51.4 Å². The van der Waals surface area contributed by atoms with E-state index in [4.69, 9.17) is 4.74 Å². The number of unbranched alkanes of at least 4 members (excludes halogenated alkanes) is 37.